The summed E-state index contributed by atoms with van der Waals surface area (Å²) in [5.41, 5.74) is 4.69. The summed E-state index contributed by atoms with van der Waals surface area (Å²) in [6, 6.07) is 6.89. The topological polar surface area (TPSA) is 17.0 Å². The molecule has 1 aromatic carbocycles. The number of hydrogen-bond donors (Lipinski definition) is 1. The zero-order chi connectivity index (χ0) is 11.9. The van der Waals surface area contributed by atoms with E-state index in [0.29, 0.717) is 0 Å². The Morgan fingerprint density at radius 2 is 2.06 bits per heavy atom. The van der Waals surface area contributed by atoms with Crippen LogP contribution in [0.4, 0.5) is 0 Å². The third-order valence-electron chi connectivity index (χ3n) is 4.64. The lowest BCUT2D eigenvalue weighted by molar-refractivity contribution is 0.461. The summed E-state index contributed by atoms with van der Waals surface area (Å²) in [5, 5.41) is 5.00. The molecule has 1 fully saturated rings. The van der Waals surface area contributed by atoms with Crippen LogP contribution in [-0.2, 0) is 13.0 Å². The van der Waals surface area contributed by atoms with Gasteiger partial charge in [-0.1, -0.05) is 18.2 Å². The molecule has 1 aromatic heterocycles. The van der Waals surface area contributed by atoms with Gasteiger partial charge in [0, 0.05) is 18.1 Å². The number of aryl methyl sites for hydroxylation is 2. The van der Waals surface area contributed by atoms with Crippen LogP contribution < -0.4 is 5.32 Å². The summed E-state index contributed by atoms with van der Waals surface area (Å²) in [6.07, 6.45) is 7.59. The van der Waals surface area contributed by atoms with Gasteiger partial charge in [-0.25, -0.2) is 0 Å². The fourth-order valence-electron chi connectivity index (χ4n) is 3.74. The summed E-state index contributed by atoms with van der Waals surface area (Å²) in [7, 11) is 0. The van der Waals surface area contributed by atoms with Crippen LogP contribution in [0.1, 0.15) is 36.3 Å². The number of rotatable bonds is 1. The molecule has 0 saturated carbocycles. The molecule has 0 atom stereocenters. The molecule has 2 aromatic rings. The second kappa shape index (κ2) is 4.13. The van der Waals surface area contributed by atoms with Crippen LogP contribution in [0.3, 0.4) is 0 Å². The Kier molecular flexibility index (Phi) is 2.44. The molecular formula is C16H20N2. The Bertz CT molecular complexity index is 576. The highest BCUT2D eigenvalue weighted by molar-refractivity contribution is 5.87. The molecule has 1 saturated heterocycles. The van der Waals surface area contributed by atoms with E-state index in [2.05, 4.69) is 34.3 Å². The molecule has 94 valence electrons. The van der Waals surface area contributed by atoms with Gasteiger partial charge in [-0.05, 0) is 55.8 Å². The van der Waals surface area contributed by atoms with E-state index in [1.807, 2.05) is 0 Å². The molecule has 0 spiro atoms. The van der Waals surface area contributed by atoms with Gasteiger partial charge >= 0.3 is 0 Å². The summed E-state index contributed by atoms with van der Waals surface area (Å²) in [6.45, 7) is 3.56. The molecule has 2 heteroatoms. The highest BCUT2D eigenvalue weighted by atomic mass is 15.0. The van der Waals surface area contributed by atoms with Crippen molar-refractivity contribution in [2.24, 2.45) is 0 Å². The van der Waals surface area contributed by atoms with Gasteiger partial charge in [-0.2, -0.15) is 0 Å². The number of aromatic nitrogens is 1. The van der Waals surface area contributed by atoms with E-state index >= 15 is 0 Å². The third-order valence-corrected chi connectivity index (χ3v) is 4.64. The Balaban J connectivity index is 1.89. The van der Waals surface area contributed by atoms with Crippen LogP contribution in [0.15, 0.2) is 24.4 Å². The quantitative estimate of drug-likeness (QED) is 0.810. The van der Waals surface area contributed by atoms with Crippen molar-refractivity contribution in [2.75, 3.05) is 13.1 Å². The summed E-state index contributed by atoms with van der Waals surface area (Å²) in [4.78, 5) is 0. The van der Waals surface area contributed by atoms with Gasteiger partial charge in [0.2, 0.25) is 0 Å². The number of hydrogen-bond acceptors (Lipinski definition) is 1. The lowest BCUT2D eigenvalue weighted by Crippen LogP contribution is -2.26. The molecule has 0 bridgehead atoms. The maximum absolute atomic E-state index is 3.47. The van der Waals surface area contributed by atoms with Crippen molar-refractivity contribution in [2.45, 2.75) is 38.1 Å². The predicted molar refractivity (Wildman–Crippen MR) is 75.1 cm³/mol. The number of piperidine rings is 1. The molecule has 2 aliphatic heterocycles. The van der Waals surface area contributed by atoms with E-state index in [-0.39, 0.29) is 0 Å². The molecular weight excluding hydrogens is 220 g/mol. The molecule has 0 radical (unpaired) electrons. The van der Waals surface area contributed by atoms with E-state index in [1.165, 1.54) is 56.2 Å². The molecule has 18 heavy (non-hydrogen) atoms. The van der Waals surface area contributed by atoms with Crippen molar-refractivity contribution in [3.8, 4) is 0 Å². The highest BCUT2D eigenvalue weighted by Gasteiger charge is 2.22. The van der Waals surface area contributed by atoms with E-state index in [4.69, 9.17) is 0 Å². The fraction of sp³-hybridized carbons (Fsp3) is 0.500. The van der Waals surface area contributed by atoms with Gasteiger partial charge in [-0.3, -0.25) is 0 Å². The average molecular weight is 240 g/mol. The minimum absolute atomic E-state index is 0.767. The molecule has 2 nitrogen and oxygen atoms in total. The van der Waals surface area contributed by atoms with Gasteiger partial charge in [0.25, 0.3) is 0 Å². The Labute approximate surface area is 108 Å². The molecule has 3 heterocycles. The van der Waals surface area contributed by atoms with Gasteiger partial charge in [0.1, 0.15) is 0 Å². The third kappa shape index (κ3) is 1.52. The lowest BCUT2D eigenvalue weighted by Gasteiger charge is -2.22. The molecule has 4 rings (SSSR count). The number of nitrogens with zero attached hydrogens (tertiary/aromatic N) is 1. The standard InChI is InChI=1S/C16H20N2/c1-3-13-4-2-10-18-11-15(14(5-1)16(13)18)12-6-8-17-9-7-12/h1,3,5,11-12,17H,2,4,6-10H2. The minimum Gasteiger partial charge on any atom is -0.347 e. The molecule has 1 N–H and O–H groups in total. The van der Waals surface area contributed by atoms with Gasteiger partial charge < -0.3 is 9.88 Å². The zero-order valence-corrected chi connectivity index (χ0v) is 10.8. The van der Waals surface area contributed by atoms with Crippen molar-refractivity contribution in [1.82, 2.24) is 9.88 Å². The monoisotopic (exact) mass is 240 g/mol. The van der Waals surface area contributed by atoms with E-state index in [1.54, 1.807) is 11.1 Å². The molecule has 2 aliphatic rings. The normalized spacial score (nSPS) is 20.4. The minimum atomic E-state index is 0.767. The second-order valence-electron chi connectivity index (χ2n) is 5.72. The van der Waals surface area contributed by atoms with Crippen molar-refractivity contribution in [1.29, 1.82) is 0 Å². The number of nitrogens with one attached hydrogen (secondary N) is 1. The number of para-hydroxylation sites is 1. The lowest BCUT2D eigenvalue weighted by atomic mass is 9.89. The first-order valence-corrected chi connectivity index (χ1v) is 7.25. The van der Waals surface area contributed by atoms with Gasteiger partial charge in [-0.15, -0.1) is 0 Å². The largest absolute Gasteiger partial charge is 0.347 e. The van der Waals surface area contributed by atoms with Crippen LogP contribution >= 0.6 is 0 Å². The van der Waals surface area contributed by atoms with Gasteiger partial charge in [0.15, 0.2) is 0 Å². The maximum atomic E-state index is 3.47. The molecule has 0 amide bonds. The summed E-state index contributed by atoms with van der Waals surface area (Å²) in [5.74, 6) is 0.767. The first-order valence-electron chi connectivity index (χ1n) is 7.25. The first kappa shape index (κ1) is 10.6. The van der Waals surface area contributed by atoms with Crippen LogP contribution in [0.2, 0.25) is 0 Å². The average Bonchev–Trinajstić information content (AvgIpc) is 2.82. The molecule has 0 aliphatic carbocycles. The molecule has 0 unspecified atom stereocenters. The van der Waals surface area contributed by atoms with E-state index in [0.717, 1.165) is 5.92 Å². The van der Waals surface area contributed by atoms with Crippen LogP contribution in [0.25, 0.3) is 10.9 Å². The van der Waals surface area contributed by atoms with Crippen molar-refractivity contribution >= 4 is 10.9 Å². The smallest absolute Gasteiger partial charge is 0.0515 e. The van der Waals surface area contributed by atoms with Crippen LogP contribution in [-0.4, -0.2) is 17.7 Å². The highest BCUT2D eigenvalue weighted by Crippen LogP contribution is 2.36. The first-order chi connectivity index (χ1) is 8.93. The van der Waals surface area contributed by atoms with E-state index in [9.17, 15) is 0 Å². The summed E-state index contributed by atoms with van der Waals surface area (Å²) >= 11 is 0. The van der Waals surface area contributed by atoms with Gasteiger partial charge in [0.05, 0.1) is 5.52 Å². The van der Waals surface area contributed by atoms with Crippen LogP contribution in [0, 0.1) is 0 Å². The predicted octanol–water partition coefficient (Wildman–Crippen LogP) is 3.05. The van der Waals surface area contributed by atoms with Crippen molar-refractivity contribution in [3.05, 3.63) is 35.5 Å². The SMILES string of the molecule is c1cc2c3c(c1)c(C1CCNCC1)cn3CCC2. The fourth-order valence-corrected chi connectivity index (χ4v) is 3.74. The second-order valence-corrected chi connectivity index (χ2v) is 5.72. The van der Waals surface area contributed by atoms with Crippen molar-refractivity contribution < 1.29 is 0 Å². The van der Waals surface area contributed by atoms with Crippen molar-refractivity contribution in [3.63, 3.8) is 0 Å². The number of benzene rings is 1. The Morgan fingerprint density at radius 1 is 1.17 bits per heavy atom. The summed E-state index contributed by atoms with van der Waals surface area (Å²) < 4.78 is 2.51. The maximum Gasteiger partial charge on any atom is 0.0515 e. The Hall–Kier alpha value is -1.28. The van der Waals surface area contributed by atoms with Crippen LogP contribution in [0.5, 0.6) is 0 Å². The zero-order valence-electron chi connectivity index (χ0n) is 10.8. The van der Waals surface area contributed by atoms with E-state index < -0.39 is 0 Å². The Morgan fingerprint density at radius 3 is 2.94 bits per heavy atom.